The molecule has 1 aromatic carbocycles. The summed E-state index contributed by atoms with van der Waals surface area (Å²) in [4.78, 5) is 8.58. The van der Waals surface area contributed by atoms with Crippen molar-refractivity contribution in [3.63, 3.8) is 0 Å². The average Bonchev–Trinajstić information content (AvgIpc) is 3.10. The summed E-state index contributed by atoms with van der Waals surface area (Å²) in [7, 11) is 3.43. The fourth-order valence-electron chi connectivity index (χ4n) is 2.23. The second kappa shape index (κ2) is 11.7. The van der Waals surface area contributed by atoms with Gasteiger partial charge in [0, 0.05) is 32.5 Å². The summed E-state index contributed by atoms with van der Waals surface area (Å²) in [6.45, 7) is 5.56. The fraction of sp³-hybridized carbons (Fsp3) is 0.500. The SMILES string of the molecule is CN=C(NCCc1ccc(OC)cc1)NCCc1nc(C(C)C)no1.I. The van der Waals surface area contributed by atoms with E-state index in [-0.39, 0.29) is 29.9 Å². The highest BCUT2D eigenvalue weighted by Gasteiger charge is 2.09. The number of aromatic nitrogens is 2. The van der Waals surface area contributed by atoms with Crippen molar-refractivity contribution in [1.82, 2.24) is 20.8 Å². The van der Waals surface area contributed by atoms with Gasteiger partial charge >= 0.3 is 0 Å². The Morgan fingerprint density at radius 2 is 1.81 bits per heavy atom. The van der Waals surface area contributed by atoms with Crippen LogP contribution >= 0.6 is 24.0 Å². The quantitative estimate of drug-likeness (QED) is 0.349. The van der Waals surface area contributed by atoms with Gasteiger partial charge in [-0.05, 0) is 24.1 Å². The van der Waals surface area contributed by atoms with E-state index >= 15 is 0 Å². The van der Waals surface area contributed by atoms with Gasteiger partial charge in [0.15, 0.2) is 11.8 Å². The largest absolute Gasteiger partial charge is 0.497 e. The molecular weight excluding hydrogens is 445 g/mol. The molecule has 2 aromatic rings. The molecule has 26 heavy (non-hydrogen) atoms. The molecule has 0 radical (unpaired) electrons. The van der Waals surface area contributed by atoms with Crippen molar-refractivity contribution in [3.8, 4) is 5.75 Å². The normalized spacial score (nSPS) is 11.2. The highest BCUT2D eigenvalue weighted by molar-refractivity contribution is 14.0. The third-order valence-electron chi connectivity index (χ3n) is 3.72. The molecule has 144 valence electrons. The van der Waals surface area contributed by atoms with Crippen LogP contribution < -0.4 is 15.4 Å². The van der Waals surface area contributed by atoms with E-state index in [0.29, 0.717) is 18.9 Å². The highest BCUT2D eigenvalue weighted by atomic mass is 127. The minimum absolute atomic E-state index is 0. The molecule has 0 unspecified atom stereocenters. The van der Waals surface area contributed by atoms with Gasteiger partial charge in [0.1, 0.15) is 5.75 Å². The number of methoxy groups -OCH3 is 1. The predicted octanol–water partition coefficient (Wildman–Crippen LogP) is 2.77. The van der Waals surface area contributed by atoms with Crippen molar-refractivity contribution in [1.29, 1.82) is 0 Å². The first-order chi connectivity index (χ1) is 12.1. The molecule has 0 aliphatic carbocycles. The van der Waals surface area contributed by atoms with Crippen LogP contribution in [-0.2, 0) is 12.8 Å². The summed E-state index contributed by atoms with van der Waals surface area (Å²) in [6, 6.07) is 8.08. The minimum atomic E-state index is 0. The van der Waals surface area contributed by atoms with Crippen LogP contribution in [0.15, 0.2) is 33.8 Å². The van der Waals surface area contributed by atoms with E-state index in [2.05, 4.69) is 37.9 Å². The Hall–Kier alpha value is -1.84. The Morgan fingerprint density at radius 1 is 1.15 bits per heavy atom. The maximum atomic E-state index is 5.23. The molecule has 0 spiro atoms. The van der Waals surface area contributed by atoms with Crippen molar-refractivity contribution in [2.45, 2.75) is 32.6 Å². The van der Waals surface area contributed by atoms with Gasteiger partial charge in [0.2, 0.25) is 5.89 Å². The molecule has 1 heterocycles. The van der Waals surface area contributed by atoms with Crippen molar-refractivity contribution < 1.29 is 9.26 Å². The van der Waals surface area contributed by atoms with Gasteiger partial charge in [0.05, 0.1) is 7.11 Å². The molecule has 0 amide bonds. The summed E-state index contributed by atoms with van der Waals surface area (Å²) in [6.07, 6.45) is 1.57. The molecule has 0 atom stereocenters. The van der Waals surface area contributed by atoms with Crippen molar-refractivity contribution in [3.05, 3.63) is 41.5 Å². The summed E-state index contributed by atoms with van der Waals surface area (Å²) in [5, 5.41) is 10.5. The lowest BCUT2D eigenvalue weighted by atomic mass is 10.1. The molecule has 2 rings (SSSR count). The minimum Gasteiger partial charge on any atom is -0.497 e. The lowest BCUT2D eigenvalue weighted by Crippen LogP contribution is -2.39. The van der Waals surface area contributed by atoms with E-state index in [4.69, 9.17) is 9.26 Å². The predicted molar refractivity (Wildman–Crippen MR) is 114 cm³/mol. The van der Waals surface area contributed by atoms with Gasteiger partial charge in [-0.15, -0.1) is 24.0 Å². The summed E-state index contributed by atoms with van der Waals surface area (Å²) in [5.74, 6) is 3.30. The molecule has 0 saturated heterocycles. The van der Waals surface area contributed by atoms with E-state index in [1.807, 2.05) is 26.0 Å². The van der Waals surface area contributed by atoms with Crippen LogP contribution in [-0.4, -0.2) is 43.3 Å². The lowest BCUT2D eigenvalue weighted by Gasteiger charge is -2.11. The first kappa shape index (κ1) is 22.2. The Kier molecular flexibility index (Phi) is 10.0. The van der Waals surface area contributed by atoms with E-state index in [9.17, 15) is 0 Å². The fourth-order valence-corrected chi connectivity index (χ4v) is 2.23. The molecule has 0 aliphatic heterocycles. The van der Waals surface area contributed by atoms with Crippen LogP contribution in [0.1, 0.15) is 37.0 Å². The van der Waals surface area contributed by atoms with Crippen LogP contribution in [0.25, 0.3) is 0 Å². The zero-order chi connectivity index (χ0) is 18.1. The number of nitrogens with zero attached hydrogens (tertiary/aromatic N) is 3. The third-order valence-corrected chi connectivity index (χ3v) is 3.72. The standard InChI is InChI=1S/C18H27N5O2.HI/c1-13(2)17-22-16(25-23-17)10-12-21-18(19-3)20-11-9-14-5-7-15(24-4)8-6-14;/h5-8,13H,9-12H2,1-4H3,(H2,19,20,21);1H. The number of benzene rings is 1. The summed E-state index contributed by atoms with van der Waals surface area (Å²) < 4.78 is 10.4. The molecule has 1 aromatic heterocycles. The number of nitrogens with one attached hydrogen (secondary N) is 2. The Bertz CT molecular complexity index is 670. The number of hydrogen-bond donors (Lipinski definition) is 2. The Labute approximate surface area is 172 Å². The maximum Gasteiger partial charge on any atom is 0.228 e. The van der Waals surface area contributed by atoms with Gasteiger partial charge in [0.25, 0.3) is 0 Å². The van der Waals surface area contributed by atoms with E-state index in [1.165, 1.54) is 5.56 Å². The van der Waals surface area contributed by atoms with Crippen LogP contribution in [0.4, 0.5) is 0 Å². The van der Waals surface area contributed by atoms with Crippen molar-refractivity contribution >= 4 is 29.9 Å². The average molecular weight is 473 g/mol. The van der Waals surface area contributed by atoms with E-state index in [0.717, 1.165) is 30.5 Å². The first-order valence-electron chi connectivity index (χ1n) is 8.52. The molecule has 7 nitrogen and oxygen atoms in total. The lowest BCUT2D eigenvalue weighted by molar-refractivity contribution is 0.371. The second-order valence-electron chi connectivity index (χ2n) is 5.97. The molecule has 8 heteroatoms. The van der Waals surface area contributed by atoms with Gasteiger partial charge in [-0.25, -0.2) is 0 Å². The third kappa shape index (κ3) is 7.19. The van der Waals surface area contributed by atoms with Gasteiger partial charge in [-0.2, -0.15) is 4.98 Å². The zero-order valence-electron chi connectivity index (χ0n) is 15.8. The number of ether oxygens (including phenoxy) is 1. The van der Waals surface area contributed by atoms with Crippen LogP contribution in [0.3, 0.4) is 0 Å². The topological polar surface area (TPSA) is 84.6 Å². The van der Waals surface area contributed by atoms with E-state index < -0.39 is 0 Å². The smallest absolute Gasteiger partial charge is 0.228 e. The number of rotatable bonds is 8. The van der Waals surface area contributed by atoms with Gasteiger partial charge in [-0.1, -0.05) is 31.1 Å². The summed E-state index contributed by atoms with van der Waals surface area (Å²) in [5.41, 5.74) is 1.25. The summed E-state index contributed by atoms with van der Waals surface area (Å²) >= 11 is 0. The van der Waals surface area contributed by atoms with Gasteiger partial charge in [-0.3, -0.25) is 4.99 Å². The molecule has 2 N–H and O–H groups in total. The Balaban J connectivity index is 0.00000338. The zero-order valence-corrected chi connectivity index (χ0v) is 18.1. The number of halogens is 1. The van der Waals surface area contributed by atoms with Crippen LogP contribution in [0.5, 0.6) is 5.75 Å². The molecule has 0 fully saturated rings. The molecule has 0 aliphatic rings. The van der Waals surface area contributed by atoms with E-state index in [1.54, 1.807) is 14.2 Å². The monoisotopic (exact) mass is 473 g/mol. The maximum absolute atomic E-state index is 5.23. The molecule has 0 bridgehead atoms. The number of aliphatic imine (C=N–C) groups is 1. The van der Waals surface area contributed by atoms with Crippen molar-refractivity contribution in [2.75, 3.05) is 27.2 Å². The van der Waals surface area contributed by atoms with Crippen LogP contribution in [0, 0.1) is 0 Å². The first-order valence-corrected chi connectivity index (χ1v) is 8.52. The second-order valence-corrected chi connectivity index (χ2v) is 5.97. The molecular formula is C18H28IN5O2. The highest BCUT2D eigenvalue weighted by Crippen LogP contribution is 2.11. The molecule has 0 saturated carbocycles. The van der Waals surface area contributed by atoms with Crippen molar-refractivity contribution in [2.24, 2.45) is 4.99 Å². The van der Waals surface area contributed by atoms with Gasteiger partial charge < -0.3 is 19.9 Å². The number of hydrogen-bond acceptors (Lipinski definition) is 5. The Morgan fingerprint density at radius 3 is 2.35 bits per heavy atom. The number of guanidine groups is 1. The van der Waals surface area contributed by atoms with Crippen LogP contribution in [0.2, 0.25) is 0 Å².